The van der Waals surface area contributed by atoms with Crippen LogP contribution >= 0.6 is 0 Å². The molecule has 0 atom stereocenters. The van der Waals surface area contributed by atoms with Gasteiger partial charge in [-0.1, -0.05) is 12.5 Å². The van der Waals surface area contributed by atoms with E-state index >= 15 is 0 Å². The van der Waals surface area contributed by atoms with Crippen molar-refractivity contribution < 1.29 is 4.74 Å². The van der Waals surface area contributed by atoms with Gasteiger partial charge in [-0.25, -0.2) is 9.97 Å². The molecule has 28 heavy (non-hydrogen) atoms. The summed E-state index contributed by atoms with van der Waals surface area (Å²) in [6, 6.07) is 10.5. The van der Waals surface area contributed by atoms with E-state index in [1.165, 1.54) is 30.2 Å². The highest BCUT2D eigenvalue weighted by Crippen LogP contribution is 2.34. The van der Waals surface area contributed by atoms with Gasteiger partial charge in [-0.3, -0.25) is 4.90 Å². The Labute approximate surface area is 166 Å². The molecule has 3 heterocycles. The van der Waals surface area contributed by atoms with E-state index in [4.69, 9.17) is 9.72 Å². The van der Waals surface area contributed by atoms with Gasteiger partial charge in [0.15, 0.2) is 0 Å². The Kier molecular flexibility index (Phi) is 4.77. The minimum atomic E-state index is 0.290. The molecule has 2 fully saturated rings. The Bertz CT molecular complexity index is 954. The van der Waals surface area contributed by atoms with Gasteiger partial charge >= 0.3 is 0 Å². The van der Waals surface area contributed by atoms with Crippen molar-refractivity contribution in [3.05, 3.63) is 54.2 Å². The number of piperidine rings is 1. The van der Waals surface area contributed by atoms with Gasteiger partial charge in [-0.2, -0.15) is 0 Å². The number of fused-ring (bicyclic) bond motifs is 1. The molecule has 1 aromatic carbocycles. The quantitative estimate of drug-likeness (QED) is 0.667. The van der Waals surface area contributed by atoms with E-state index in [-0.39, 0.29) is 6.10 Å². The molecule has 2 aliphatic rings. The first-order valence-electron chi connectivity index (χ1n) is 10.5. The molecule has 1 saturated carbocycles. The standard InChI is InChI=1S/C23H28N4O/c1-26-13-11-20-21(26)6-3-7-22(20)28-19-9-14-27(15-10-19)16-18-8-12-24-23(25-18)17-4-2-5-17/h3,6-8,11-13,17,19H,2,4-5,9-10,14-16H2,1H3. The van der Waals surface area contributed by atoms with Gasteiger partial charge in [0.25, 0.3) is 0 Å². The fourth-order valence-electron chi connectivity index (χ4n) is 4.33. The van der Waals surface area contributed by atoms with Crippen molar-refractivity contribution >= 4 is 10.9 Å². The lowest BCUT2D eigenvalue weighted by atomic mass is 9.85. The van der Waals surface area contributed by atoms with E-state index in [2.05, 4.69) is 58.0 Å². The molecule has 1 aliphatic heterocycles. The summed E-state index contributed by atoms with van der Waals surface area (Å²) in [6.45, 7) is 3.03. The molecule has 2 aromatic heterocycles. The van der Waals surface area contributed by atoms with Crippen LogP contribution in [0.2, 0.25) is 0 Å². The van der Waals surface area contributed by atoms with Crippen LogP contribution in [0.25, 0.3) is 10.9 Å². The molecule has 146 valence electrons. The number of likely N-dealkylation sites (tertiary alicyclic amines) is 1. The highest BCUT2D eigenvalue weighted by molar-refractivity contribution is 5.86. The molecular weight excluding hydrogens is 348 g/mol. The average Bonchev–Trinajstić information content (AvgIpc) is 3.05. The van der Waals surface area contributed by atoms with Crippen molar-refractivity contribution in [1.82, 2.24) is 19.4 Å². The molecule has 0 bridgehead atoms. The molecule has 0 N–H and O–H groups in total. The first kappa shape index (κ1) is 17.7. The summed E-state index contributed by atoms with van der Waals surface area (Å²) >= 11 is 0. The van der Waals surface area contributed by atoms with Gasteiger partial charge in [0.2, 0.25) is 0 Å². The first-order valence-corrected chi connectivity index (χ1v) is 10.5. The topological polar surface area (TPSA) is 43.2 Å². The second-order valence-electron chi connectivity index (χ2n) is 8.24. The van der Waals surface area contributed by atoms with Crippen LogP contribution in [0.3, 0.4) is 0 Å². The molecule has 0 amide bonds. The largest absolute Gasteiger partial charge is 0.490 e. The van der Waals surface area contributed by atoms with Crippen LogP contribution < -0.4 is 4.74 Å². The van der Waals surface area contributed by atoms with Gasteiger partial charge < -0.3 is 9.30 Å². The molecule has 0 spiro atoms. The SMILES string of the molecule is Cn1ccc2c(OC3CCN(Cc4ccnc(C5CCC5)n4)CC3)cccc21. The Balaban J connectivity index is 1.18. The average molecular weight is 377 g/mol. The van der Waals surface area contributed by atoms with E-state index in [1.54, 1.807) is 0 Å². The normalized spacial score (nSPS) is 19.0. The zero-order chi connectivity index (χ0) is 18.9. The lowest BCUT2D eigenvalue weighted by Gasteiger charge is -2.32. The number of aromatic nitrogens is 3. The predicted octanol–water partition coefficient (Wildman–Crippen LogP) is 4.28. The molecule has 5 rings (SSSR count). The number of ether oxygens (including phenoxy) is 1. The lowest BCUT2D eigenvalue weighted by molar-refractivity contribution is 0.0972. The maximum absolute atomic E-state index is 6.39. The fourth-order valence-corrected chi connectivity index (χ4v) is 4.33. The molecule has 1 saturated heterocycles. The second kappa shape index (κ2) is 7.55. The third kappa shape index (κ3) is 3.51. The molecular formula is C23H28N4O. The number of benzene rings is 1. The van der Waals surface area contributed by atoms with Crippen molar-refractivity contribution in [2.45, 2.75) is 50.7 Å². The summed E-state index contributed by atoms with van der Waals surface area (Å²) in [5.74, 6) is 2.66. The first-order chi connectivity index (χ1) is 13.8. The number of rotatable bonds is 5. The molecule has 5 heteroatoms. The molecule has 0 unspecified atom stereocenters. The summed E-state index contributed by atoms with van der Waals surface area (Å²) in [5.41, 5.74) is 2.38. The van der Waals surface area contributed by atoms with E-state index in [1.807, 2.05) is 6.20 Å². The summed E-state index contributed by atoms with van der Waals surface area (Å²) < 4.78 is 8.53. The maximum atomic E-state index is 6.39. The van der Waals surface area contributed by atoms with Gasteiger partial charge in [-0.15, -0.1) is 0 Å². The lowest BCUT2D eigenvalue weighted by Crippen LogP contribution is -2.38. The van der Waals surface area contributed by atoms with Crippen LogP contribution in [0.15, 0.2) is 42.7 Å². The van der Waals surface area contributed by atoms with E-state index < -0.39 is 0 Å². The Morgan fingerprint density at radius 2 is 1.93 bits per heavy atom. The number of aryl methyl sites for hydroxylation is 1. The minimum absolute atomic E-state index is 0.290. The summed E-state index contributed by atoms with van der Waals surface area (Å²) in [6.07, 6.45) is 10.3. The number of nitrogens with zero attached hydrogens (tertiary/aromatic N) is 4. The van der Waals surface area contributed by atoms with Crippen molar-refractivity contribution in [2.75, 3.05) is 13.1 Å². The van der Waals surface area contributed by atoms with Crippen LogP contribution in [0, 0.1) is 0 Å². The third-order valence-corrected chi connectivity index (χ3v) is 6.30. The third-order valence-electron chi connectivity index (χ3n) is 6.30. The van der Waals surface area contributed by atoms with Crippen LogP contribution in [0.1, 0.15) is 49.5 Å². The smallest absolute Gasteiger partial charge is 0.131 e. The van der Waals surface area contributed by atoms with E-state index in [9.17, 15) is 0 Å². The van der Waals surface area contributed by atoms with Crippen molar-refractivity contribution in [3.8, 4) is 5.75 Å². The van der Waals surface area contributed by atoms with Crippen molar-refractivity contribution in [1.29, 1.82) is 0 Å². The number of hydrogen-bond donors (Lipinski definition) is 0. The zero-order valence-electron chi connectivity index (χ0n) is 16.6. The molecule has 1 aliphatic carbocycles. The summed E-state index contributed by atoms with van der Waals surface area (Å²) in [5, 5.41) is 1.21. The molecule has 5 nitrogen and oxygen atoms in total. The van der Waals surface area contributed by atoms with Crippen LogP contribution in [0.5, 0.6) is 5.75 Å². The number of hydrogen-bond acceptors (Lipinski definition) is 4. The van der Waals surface area contributed by atoms with Crippen molar-refractivity contribution in [2.24, 2.45) is 7.05 Å². The van der Waals surface area contributed by atoms with E-state index in [0.29, 0.717) is 5.92 Å². The van der Waals surface area contributed by atoms with Gasteiger partial charge in [0, 0.05) is 50.4 Å². The van der Waals surface area contributed by atoms with Crippen molar-refractivity contribution in [3.63, 3.8) is 0 Å². The van der Waals surface area contributed by atoms with Crippen LogP contribution in [-0.4, -0.2) is 38.6 Å². The Hall–Kier alpha value is -2.40. The predicted molar refractivity (Wildman–Crippen MR) is 110 cm³/mol. The highest BCUT2D eigenvalue weighted by Gasteiger charge is 2.24. The summed E-state index contributed by atoms with van der Waals surface area (Å²) in [7, 11) is 2.08. The van der Waals surface area contributed by atoms with Gasteiger partial charge in [0.1, 0.15) is 17.7 Å². The Morgan fingerprint density at radius 1 is 1.07 bits per heavy atom. The summed E-state index contributed by atoms with van der Waals surface area (Å²) in [4.78, 5) is 11.8. The highest BCUT2D eigenvalue weighted by atomic mass is 16.5. The van der Waals surface area contributed by atoms with E-state index in [0.717, 1.165) is 49.7 Å². The molecule has 0 radical (unpaired) electrons. The van der Waals surface area contributed by atoms with Gasteiger partial charge in [0.05, 0.1) is 11.2 Å². The fraction of sp³-hybridized carbons (Fsp3) is 0.478. The van der Waals surface area contributed by atoms with Crippen LogP contribution in [-0.2, 0) is 13.6 Å². The zero-order valence-corrected chi connectivity index (χ0v) is 16.6. The van der Waals surface area contributed by atoms with Gasteiger partial charge in [-0.05, 0) is 49.9 Å². The monoisotopic (exact) mass is 376 g/mol. The van der Waals surface area contributed by atoms with Crippen LogP contribution in [0.4, 0.5) is 0 Å². The second-order valence-corrected chi connectivity index (χ2v) is 8.24. The molecule has 3 aromatic rings. The minimum Gasteiger partial charge on any atom is -0.490 e. The maximum Gasteiger partial charge on any atom is 0.131 e. The Morgan fingerprint density at radius 3 is 2.71 bits per heavy atom.